The quantitative estimate of drug-likeness (QED) is 0.453. The third kappa shape index (κ3) is 3.38. The molecule has 0 aliphatic carbocycles. The van der Waals surface area contributed by atoms with Crippen molar-refractivity contribution in [2.75, 3.05) is 6.61 Å². The SMILES string of the molecule is CCOC(=O)CC(=O)c1cc(C#N)ccc1F. The van der Waals surface area contributed by atoms with E-state index in [-0.39, 0.29) is 17.7 Å². The summed E-state index contributed by atoms with van der Waals surface area (Å²) in [5.74, 6) is -2.16. The molecule has 0 saturated carbocycles. The summed E-state index contributed by atoms with van der Waals surface area (Å²) in [6, 6.07) is 5.20. The number of esters is 1. The second-order valence-electron chi connectivity index (χ2n) is 3.21. The summed E-state index contributed by atoms with van der Waals surface area (Å²) in [5, 5.41) is 8.63. The fraction of sp³-hybridized carbons (Fsp3) is 0.250. The predicted molar refractivity (Wildman–Crippen MR) is 56.7 cm³/mol. The molecule has 0 aliphatic rings. The molecule has 0 saturated heterocycles. The van der Waals surface area contributed by atoms with Crippen molar-refractivity contribution in [2.24, 2.45) is 0 Å². The Morgan fingerprint density at radius 1 is 1.47 bits per heavy atom. The van der Waals surface area contributed by atoms with E-state index >= 15 is 0 Å². The van der Waals surface area contributed by atoms with Crippen LogP contribution in [0.5, 0.6) is 0 Å². The van der Waals surface area contributed by atoms with Gasteiger partial charge in [-0.25, -0.2) is 4.39 Å². The molecule has 0 unspecified atom stereocenters. The molecular weight excluding hydrogens is 225 g/mol. The van der Waals surface area contributed by atoms with Crippen LogP contribution in [0.15, 0.2) is 18.2 Å². The highest BCUT2D eigenvalue weighted by Gasteiger charge is 2.16. The highest BCUT2D eigenvalue weighted by molar-refractivity contribution is 6.06. The monoisotopic (exact) mass is 235 g/mol. The lowest BCUT2D eigenvalue weighted by Crippen LogP contribution is -2.12. The molecule has 0 N–H and O–H groups in total. The van der Waals surface area contributed by atoms with Crippen molar-refractivity contribution in [1.82, 2.24) is 0 Å². The topological polar surface area (TPSA) is 67.2 Å². The zero-order chi connectivity index (χ0) is 12.8. The number of benzene rings is 1. The molecule has 17 heavy (non-hydrogen) atoms. The minimum atomic E-state index is -0.752. The number of nitriles is 1. The molecule has 0 fully saturated rings. The fourth-order valence-electron chi connectivity index (χ4n) is 1.25. The largest absolute Gasteiger partial charge is 0.466 e. The van der Waals surface area contributed by atoms with E-state index in [4.69, 9.17) is 5.26 Å². The van der Waals surface area contributed by atoms with Crippen molar-refractivity contribution >= 4 is 11.8 Å². The van der Waals surface area contributed by atoms with E-state index in [1.54, 1.807) is 13.0 Å². The number of ketones is 1. The van der Waals surface area contributed by atoms with Crippen LogP contribution in [0, 0.1) is 17.1 Å². The maximum Gasteiger partial charge on any atom is 0.313 e. The number of nitrogens with zero attached hydrogens (tertiary/aromatic N) is 1. The van der Waals surface area contributed by atoms with Gasteiger partial charge < -0.3 is 4.74 Å². The van der Waals surface area contributed by atoms with Gasteiger partial charge in [-0.2, -0.15) is 5.26 Å². The number of hydrogen-bond acceptors (Lipinski definition) is 4. The standard InChI is InChI=1S/C12H10FNO3/c1-2-17-12(16)6-11(15)9-5-8(7-14)3-4-10(9)13/h3-5H,2,6H2,1H3. The lowest BCUT2D eigenvalue weighted by Gasteiger charge is -2.03. The minimum Gasteiger partial charge on any atom is -0.466 e. The zero-order valence-corrected chi connectivity index (χ0v) is 9.20. The Labute approximate surface area is 97.6 Å². The van der Waals surface area contributed by atoms with Crippen LogP contribution in [-0.4, -0.2) is 18.4 Å². The van der Waals surface area contributed by atoms with E-state index in [0.717, 1.165) is 12.1 Å². The van der Waals surface area contributed by atoms with Gasteiger partial charge in [-0.1, -0.05) is 0 Å². The van der Waals surface area contributed by atoms with Crippen molar-refractivity contribution in [3.63, 3.8) is 0 Å². The summed E-state index contributed by atoms with van der Waals surface area (Å²) in [7, 11) is 0. The molecule has 1 aromatic rings. The molecule has 0 heterocycles. The van der Waals surface area contributed by atoms with Gasteiger partial charge >= 0.3 is 5.97 Å². The van der Waals surface area contributed by atoms with Crippen LogP contribution < -0.4 is 0 Å². The average molecular weight is 235 g/mol. The summed E-state index contributed by atoms with van der Waals surface area (Å²) < 4.78 is 17.9. The Morgan fingerprint density at radius 2 is 2.18 bits per heavy atom. The summed E-state index contributed by atoms with van der Waals surface area (Å²) >= 11 is 0. The van der Waals surface area contributed by atoms with Crippen LogP contribution in [0.4, 0.5) is 4.39 Å². The molecule has 0 aromatic heterocycles. The Hall–Kier alpha value is -2.22. The van der Waals surface area contributed by atoms with Crippen LogP contribution in [0.3, 0.4) is 0 Å². The molecule has 0 spiro atoms. The van der Waals surface area contributed by atoms with Gasteiger partial charge in [-0.05, 0) is 25.1 Å². The first-order chi connectivity index (χ1) is 8.08. The van der Waals surface area contributed by atoms with E-state index in [9.17, 15) is 14.0 Å². The van der Waals surface area contributed by atoms with E-state index in [1.165, 1.54) is 6.07 Å². The van der Waals surface area contributed by atoms with Gasteiger partial charge in [0.1, 0.15) is 12.2 Å². The van der Waals surface area contributed by atoms with E-state index < -0.39 is 24.0 Å². The second kappa shape index (κ2) is 5.75. The molecule has 5 heteroatoms. The first-order valence-electron chi connectivity index (χ1n) is 4.97. The molecule has 0 bridgehead atoms. The highest BCUT2D eigenvalue weighted by Crippen LogP contribution is 2.12. The number of halogens is 1. The molecule has 0 amide bonds. The predicted octanol–water partition coefficient (Wildman–Crippen LogP) is 1.83. The number of carbonyl (C=O) groups is 2. The molecule has 1 aromatic carbocycles. The summed E-state index contributed by atoms with van der Waals surface area (Å²) in [6.07, 6.45) is -0.528. The normalized spacial score (nSPS) is 9.47. The molecule has 1 rings (SSSR count). The third-order valence-electron chi connectivity index (χ3n) is 2.01. The van der Waals surface area contributed by atoms with Crippen LogP contribution in [-0.2, 0) is 9.53 Å². The van der Waals surface area contributed by atoms with Gasteiger partial charge in [0.05, 0.1) is 23.8 Å². The van der Waals surface area contributed by atoms with Crippen LogP contribution in [0.2, 0.25) is 0 Å². The van der Waals surface area contributed by atoms with Gasteiger partial charge in [0.15, 0.2) is 5.78 Å². The van der Waals surface area contributed by atoms with Gasteiger partial charge in [-0.3, -0.25) is 9.59 Å². The second-order valence-corrected chi connectivity index (χ2v) is 3.21. The number of Topliss-reactive ketones (excluding diaryl/α,β-unsaturated/α-hetero) is 1. The molecule has 88 valence electrons. The van der Waals surface area contributed by atoms with Crippen molar-refractivity contribution in [3.05, 3.63) is 35.1 Å². The van der Waals surface area contributed by atoms with Crippen molar-refractivity contribution in [3.8, 4) is 6.07 Å². The molecule has 0 atom stereocenters. The molecule has 4 nitrogen and oxygen atoms in total. The van der Waals surface area contributed by atoms with Gasteiger partial charge in [0.25, 0.3) is 0 Å². The zero-order valence-electron chi connectivity index (χ0n) is 9.20. The van der Waals surface area contributed by atoms with Crippen molar-refractivity contribution in [1.29, 1.82) is 5.26 Å². The average Bonchev–Trinajstić information content (AvgIpc) is 2.29. The van der Waals surface area contributed by atoms with Crippen molar-refractivity contribution in [2.45, 2.75) is 13.3 Å². The first kappa shape index (κ1) is 12.8. The lowest BCUT2D eigenvalue weighted by molar-refractivity contribution is -0.141. The maximum absolute atomic E-state index is 13.3. The van der Waals surface area contributed by atoms with Crippen LogP contribution >= 0.6 is 0 Å². The number of carbonyl (C=O) groups excluding carboxylic acids is 2. The minimum absolute atomic E-state index is 0.160. The van der Waals surface area contributed by atoms with E-state index in [1.807, 2.05) is 0 Å². The highest BCUT2D eigenvalue weighted by atomic mass is 19.1. The van der Waals surface area contributed by atoms with Gasteiger partial charge in [-0.15, -0.1) is 0 Å². The summed E-state index contributed by atoms with van der Waals surface area (Å²) in [6.45, 7) is 1.77. The van der Waals surface area contributed by atoms with E-state index in [0.29, 0.717) is 0 Å². The summed E-state index contributed by atoms with van der Waals surface area (Å²) in [4.78, 5) is 22.6. The molecular formula is C12H10FNO3. The number of rotatable bonds is 4. The van der Waals surface area contributed by atoms with Crippen LogP contribution in [0.25, 0.3) is 0 Å². The maximum atomic E-state index is 13.3. The van der Waals surface area contributed by atoms with Gasteiger partial charge in [0, 0.05) is 0 Å². The van der Waals surface area contributed by atoms with Gasteiger partial charge in [0.2, 0.25) is 0 Å². The number of hydrogen-bond donors (Lipinski definition) is 0. The Balaban J connectivity index is 2.89. The molecule has 0 radical (unpaired) electrons. The third-order valence-corrected chi connectivity index (χ3v) is 2.01. The Kier molecular flexibility index (Phi) is 4.35. The summed E-state index contributed by atoms with van der Waals surface area (Å²) in [5.41, 5.74) is -0.101. The molecule has 0 aliphatic heterocycles. The number of ether oxygens (including phenoxy) is 1. The van der Waals surface area contributed by atoms with Crippen molar-refractivity contribution < 1.29 is 18.7 Å². The first-order valence-corrected chi connectivity index (χ1v) is 4.97. The lowest BCUT2D eigenvalue weighted by atomic mass is 10.0. The Morgan fingerprint density at radius 3 is 2.76 bits per heavy atom. The van der Waals surface area contributed by atoms with E-state index in [2.05, 4.69) is 4.74 Å². The smallest absolute Gasteiger partial charge is 0.313 e. The Bertz CT molecular complexity index is 491. The van der Waals surface area contributed by atoms with Crippen LogP contribution in [0.1, 0.15) is 29.3 Å². The fourth-order valence-corrected chi connectivity index (χ4v) is 1.25.